The predicted molar refractivity (Wildman–Crippen MR) is 57.8 cm³/mol. The highest BCUT2D eigenvalue weighted by Gasteiger charge is 2.03. The van der Waals surface area contributed by atoms with Crippen molar-refractivity contribution in [3.8, 4) is 17.2 Å². The molecular formula is C11H10N4. The topological polar surface area (TPSA) is 67.6 Å². The normalized spacial score (nSPS) is 9.87. The highest BCUT2D eigenvalue weighted by Crippen LogP contribution is 2.22. The summed E-state index contributed by atoms with van der Waals surface area (Å²) in [7, 11) is 1.86. The van der Waals surface area contributed by atoms with Crippen molar-refractivity contribution in [1.29, 1.82) is 5.26 Å². The fourth-order valence-corrected chi connectivity index (χ4v) is 1.41. The van der Waals surface area contributed by atoms with Gasteiger partial charge in [-0.25, -0.2) is 0 Å². The second-order valence-corrected chi connectivity index (χ2v) is 3.32. The van der Waals surface area contributed by atoms with Crippen molar-refractivity contribution in [2.24, 2.45) is 7.05 Å². The molecule has 0 atom stereocenters. The zero-order chi connectivity index (χ0) is 10.8. The van der Waals surface area contributed by atoms with Gasteiger partial charge in [-0.3, -0.25) is 4.68 Å². The smallest absolute Gasteiger partial charge is 0.101 e. The number of rotatable bonds is 1. The number of aryl methyl sites for hydroxylation is 1. The van der Waals surface area contributed by atoms with Crippen LogP contribution in [0.1, 0.15) is 5.56 Å². The first-order valence-corrected chi connectivity index (χ1v) is 4.49. The first-order chi connectivity index (χ1) is 7.20. The molecule has 0 unspecified atom stereocenters. The Hall–Kier alpha value is -2.28. The van der Waals surface area contributed by atoms with Crippen molar-refractivity contribution in [2.45, 2.75) is 0 Å². The minimum Gasteiger partial charge on any atom is -0.398 e. The van der Waals surface area contributed by atoms with Crippen LogP contribution in [-0.2, 0) is 7.05 Å². The van der Waals surface area contributed by atoms with Crippen LogP contribution >= 0.6 is 0 Å². The van der Waals surface area contributed by atoms with Gasteiger partial charge in [0.2, 0.25) is 0 Å². The maximum absolute atomic E-state index is 8.74. The molecule has 4 nitrogen and oxygen atoms in total. The number of nitrogens with zero attached hydrogens (tertiary/aromatic N) is 3. The zero-order valence-electron chi connectivity index (χ0n) is 8.31. The molecule has 2 N–H and O–H groups in total. The van der Waals surface area contributed by atoms with Gasteiger partial charge in [0, 0.05) is 18.8 Å². The summed E-state index contributed by atoms with van der Waals surface area (Å²) in [6.45, 7) is 0. The molecule has 4 heteroatoms. The molecule has 1 aromatic carbocycles. The molecule has 0 aliphatic carbocycles. The van der Waals surface area contributed by atoms with Gasteiger partial charge in [0.25, 0.3) is 0 Å². The second kappa shape index (κ2) is 3.46. The van der Waals surface area contributed by atoms with Crippen LogP contribution in [0.4, 0.5) is 5.69 Å². The quantitative estimate of drug-likeness (QED) is 0.707. The Morgan fingerprint density at radius 1 is 1.40 bits per heavy atom. The Balaban J connectivity index is 2.48. The van der Waals surface area contributed by atoms with Gasteiger partial charge in [0.05, 0.1) is 17.4 Å². The summed E-state index contributed by atoms with van der Waals surface area (Å²) in [6, 6.07) is 7.41. The lowest BCUT2D eigenvalue weighted by Crippen LogP contribution is -1.90. The molecule has 0 saturated heterocycles. The maximum Gasteiger partial charge on any atom is 0.101 e. The number of benzene rings is 1. The number of aromatic nitrogens is 2. The largest absolute Gasteiger partial charge is 0.398 e. The van der Waals surface area contributed by atoms with Crippen LogP contribution in [0.5, 0.6) is 0 Å². The van der Waals surface area contributed by atoms with Gasteiger partial charge >= 0.3 is 0 Å². The van der Waals surface area contributed by atoms with Crippen molar-refractivity contribution < 1.29 is 0 Å². The SMILES string of the molecule is Cn1cc(-c2ccc(C#N)c(N)c2)cn1. The minimum atomic E-state index is 0.499. The Morgan fingerprint density at radius 2 is 2.20 bits per heavy atom. The van der Waals surface area contributed by atoms with E-state index in [1.54, 1.807) is 23.0 Å². The van der Waals surface area contributed by atoms with Crippen molar-refractivity contribution in [1.82, 2.24) is 9.78 Å². The highest BCUT2D eigenvalue weighted by atomic mass is 15.2. The molecule has 0 radical (unpaired) electrons. The van der Waals surface area contributed by atoms with Gasteiger partial charge < -0.3 is 5.73 Å². The Bertz CT molecular complexity index is 534. The second-order valence-electron chi connectivity index (χ2n) is 3.32. The van der Waals surface area contributed by atoms with E-state index in [9.17, 15) is 0 Å². The van der Waals surface area contributed by atoms with Crippen molar-refractivity contribution in [2.75, 3.05) is 5.73 Å². The molecular weight excluding hydrogens is 188 g/mol. The summed E-state index contributed by atoms with van der Waals surface area (Å²) in [5.74, 6) is 0. The van der Waals surface area contributed by atoms with Gasteiger partial charge in [0.1, 0.15) is 6.07 Å². The molecule has 0 saturated carbocycles. The Labute approximate surface area is 87.6 Å². The fraction of sp³-hybridized carbons (Fsp3) is 0.0909. The molecule has 0 aliphatic heterocycles. The molecule has 0 aliphatic rings. The number of anilines is 1. The molecule has 15 heavy (non-hydrogen) atoms. The summed E-state index contributed by atoms with van der Waals surface area (Å²) >= 11 is 0. The number of hydrogen-bond donors (Lipinski definition) is 1. The number of nitrogens with two attached hydrogens (primary N) is 1. The third-order valence-corrected chi connectivity index (χ3v) is 2.21. The van der Waals surface area contributed by atoms with Gasteiger partial charge in [-0.15, -0.1) is 0 Å². The number of nitrogen functional groups attached to an aromatic ring is 1. The third-order valence-electron chi connectivity index (χ3n) is 2.21. The highest BCUT2D eigenvalue weighted by molar-refractivity contribution is 5.69. The Kier molecular flexibility index (Phi) is 2.14. The van der Waals surface area contributed by atoms with Crippen molar-refractivity contribution in [3.63, 3.8) is 0 Å². The first-order valence-electron chi connectivity index (χ1n) is 4.49. The number of nitriles is 1. The van der Waals surface area contributed by atoms with Crippen LogP contribution in [-0.4, -0.2) is 9.78 Å². The summed E-state index contributed by atoms with van der Waals surface area (Å²) < 4.78 is 1.73. The molecule has 74 valence electrons. The van der Waals surface area contributed by atoms with E-state index in [-0.39, 0.29) is 0 Å². The fourth-order valence-electron chi connectivity index (χ4n) is 1.41. The lowest BCUT2D eigenvalue weighted by Gasteiger charge is -2.00. The lowest BCUT2D eigenvalue weighted by molar-refractivity contribution is 0.768. The van der Waals surface area contributed by atoms with Crippen molar-refractivity contribution in [3.05, 3.63) is 36.2 Å². The van der Waals surface area contributed by atoms with Gasteiger partial charge in [-0.05, 0) is 17.7 Å². The molecule has 0 bridgehead atoms. The van der Waals surface area contributed by atoms with Crippen LogP contribution < -0.4 is 5.73 Å². The molecule has 2 rings (SSSR count). The summed E-state index contributed by atoms with van der Waals surface area (Å²) in [5, 5.41) is 12.8. The molecule has 1 aromatic heterocycles. The predicted octanol–water partition coefficient (Wildman–Crippen LogP) is 1.54. The maximum atomic E-state index is 8.74. The van der Waals surface area contributed by atoms with Gasteiger partial charge in [0.15, 0.2) is 0 Å². The van der Waals surface area contributed by atoms with E-state index in [4.69, 9.17) is 11.0 Å². The zero-order valence-corrected chi connectivity index (χ0v) is 8.31. The van der Waals surface area contributed by atoms with Crippen LogP contribution in [0, 0.1) is 11.3 Å². The van der Waals surface area contributed by atoms with Crippen LogP contribution in [0.25, 0.3) is 11.1 Å². The minimum absolute atomic E-state index is 0.499. The molecule has 0 amide bonds. The van der Waals surface area contributed by atoms with E-state index in [1.807, 2.05) is 25.4 Å². The summed E-state index contributed by atoms with van der Waals surface area (Å²) in [4.78, 5) is 0. The van der Waals surface area contributed by atoms with Crippen LogP contribution in [0.3, 0.4) is 0 Å². The summed E-state index contributed by atoms with van der Waals surface area (Å²) in [6.07, 6.45) is 3.67. The summed E-state index contributed by atoms with van der Waals surface area (Å²) in [5.41, 5.74) is 8.69. The van der Waals surface area contributed by atoms with E-state index >= 15 is 0 Å². The van der Waals surface area contributed by atoms with E-state index in [0.29, 0.717) is 11.3 Å². The standard InChI is InChI=1S/C11H10N4/c1-15-7-10(6-14-15)8-2-3-9(5-12)11(13)4-8/h2-4,6-7H,13H2,1H3. The molecule has 0 fully saturated rings. The van der Waals surface area contributed by atoms with E-state index in [0.717, 1.165) is 11.1 Å². The molecule has 2 aromatic rings. The van der Waals surface area contributed by atoms with Gasteiger partial charge in [-0.2, -0.15) is 10.4 Å². The molecule has 1 heterocycles. The average Bonchev–Trinajstić information content (AvgIpc) is 2.65. The van der Waals surface area contributed by atoms with E-state index < -0.39 is 0 Å². The van der Waals surface area contributed by atoms with Crippen LogP contribution in [0.15, 0.2) is 30.6 Å². The lowest BCUT2D eigenvalue weighted by atomic mass is 10.1. The Morgan fingerprint density at radius 3 is 2.73 bits per heavy atom. The molecule has 0 spiro atoms. The first kappa shape index (κ1) is 9.28. The van der Waals surface area contributed by atoms with E-state index in [2.05, 4.69) is 5.10 Å². The number of hydrogen-bond acceptors (Lipinski definition) is 3. The third kappa shape index (κ3) is 1.67. The van der Waals surface area contributed by atoms with Crippen LogP contribution in [0.2, 0.25) is 0 Å². The average molecular weight is 198 g/mol. The van der Waals surface area contributed by atoms with Gasteiger partial charge in [-0.1, -0.05) is 6.07 Å². The van der Waals surface area contributed by atoms with Crippen molar-refractivity contribution >= 4 is 5.69 Å². The monoisotopic (exact) mass is 198 g/mol. The van der Waals surface area contributed by atoms with E-state index in [1.165, 1.54) is 0 Å².